The Morgan fingerprint density at radius 2 is 2.13 bits per heavy atom. The van der Waals surface area contributed by atoms with Crippen molar-refractivity contribution in [3.8, 4) is 0 Å². The first-order valence-corrected chi connectivity index (χ1v) is 5.23. The molecule has 0 fully saturated rings. The summed E-state index contributed by atoms with van der Waals surface area (Å²) in [6.07, 6.45) is 2.58. The van der Waals surface area contributed by atoms with Crippen molar-refractivity contribution in [2.24, 2.45) is 0 Å². The smallest absolute Gasteiger partial charge is 0.123 e. The van der Waals surface area contributed by atoms with E-state index in [-0.39, 0.29) is 5.82 Å². The molecular formula is C11H9BrFNO. The van der Waals surface area contributed by atoms with Crippen molar-refractivity contribution in [2.75, 3.05) is 0 Å². The standard InChI is InChI=1S/C11H9BrFNO/c12-10-2-1-8(13)5-9(10)11(15)7-3-4-14-6-7/h1-6,11,14-15H. The molecule has 0 radical (unpaired) electrons. The molecule has 2 N–H and O–H groups in total. The highest BCUT2D eigenvalue weighted by molar-refractivity contribution is 9.10. The number of aliphatic hydroxyl groups excluding tert-OH is 1. The molecule has 0 aliphatic rings. The van der Waals surface area contributed by atoms with E-state index in [0.29, 0.717) is 15.6 Å². The zero-order valence-corrected chi connectivity index (χ0v) is 9.33. The van der Waals surface area contributed by atoms with Crippen molar-refractivity contribution < 1.29 is 9.50 Å². The molecule has 78 valence electrons. The van der Waals surface area contributed by atoms with E-state index >= 15 is 0 Å². The van der Waals surface area contributed by atoms with Crippen molar-refractivity contribution in [1.82, 2.24) is 4.98 Å². The van der Waals surface area contributed by atoms with Gasteiger partial charge in [0.25, 0.3) is 0 Å². The average molecular weight is 270 g/mol. The fourth-order valence-electron chi connectivity index (χ4n) is 1.41. The minimum Gasteiger partial charge on any atom is -0.384 e. The van der Waals surface area contributed by atoms with E-state index < -0.39 is 6.10 Å². The first-order chi connectivity index (χ1) is 7.18. The van der Waals surface area contributed by atoms with Gasteiger partial charge in [-0.3, -0.25) is 0 Å². The number of aliphatic hydroxyl groups is 1. The molecule has 1 heterocycles. The van der Waals surface area contributed by atoms with Crippen LogP contribution in [0.15, 0.2) is 41.1 Å². The highest BCUT2D eigenvalue weighted by Crippen LogP contribution is 2.28. The molecule has 2 aromatic rings. The summed E-state index contributed by atoms with van der Waals surface area (Å²) in [6, 6.07) is 6.00. The average Bonchev–Trinajstić information content (AvgIpc) is 2.74. The predicted octanol–water partition coefficient (Wildman–Crippen LogP) is 3.00. The topological polar surface area (TPSA) is 36.0 Å². The number of halogens is 2. The summed E-state index contributed by atoms with van der Waals surface area (Å²) in [7, 11) is 0. The first-order valence-electron chi connectivity index (χ1n) is 4.44. The highest BCUT2D eigenvalue weighted by Gasteiger charge is 2.14. The lowest BCUT2D eigenvalue weighted by Gasteiger charge is -2.11. The van der Waals surface area contributed by atoms with Gasteiger partial charge in [0.15, 0.2) is 0 Å². The number of hydrogen-bond acceptors (Lipinski definition) is 1. The quantitative estimate of drug-likeness (QED) is 0.864. The molecule has 4 heteroatoms. The molecule has 0 aliphatic carbocycles. The lowest BCUT2D eigenvalue weighted by atomic mass is 10.0. The molecule has 0 saturated carbocycles. The lowest BCUT2D eigenvalue weighted by molar-refractivity contribution is 0.219. The Kier molecular flexibility index (Phi) is 2.88. The van der Waals surface area contributed by atoms with Crippen LogP contribution in [0.4, 0.5) is 4.39 Å². The largest absolute Gasteiger partial charge is 0.384 e. The molecule has 0 bridgehead atoms. The summed E-state index contributed by atoms with van der Waals surface area (Å²) >= 11 is 3.28. The van der Waals surface area contributed by atoms with Crippen LogP contribution in [0.1, 0.15) is 17.2 Å². The first kappa shape index (κ1) is 10.4. The van der Waals surface area contributed by atoms with Gasteiger partial charge in [-0.1, -0.05) is 15.9 Å². The number of hydrogen-bond donors (Lipinski definition) is 2. The summed E-state index contributed by atoms with van der Waals surface area (Å²) in [5, 5.41) is 9.97. The van der Waals surface area contributed by atoms with E-state index in [4.69, 9.17) is 0 Å². The van der Waals surface area contributed by atoms with E-state index in [1.165, 1.54) is 12.1 Å². The summed E-state index contributed by atoms with van der Waals surface area (Å²) in [5.41, 5.74) is 1.23. The third-order valence-electron chi connectivity index (χ3n) is 2.19. The Balaban J connectivity index is 2.41. The van der Waals surface area contributed by atoms with Crippen LogP contribution in [0.25, 0.3) is 0 Å². The third kappa shape index (κ3) is 2.11. The summed E-state index contributed by atoms with van der Waals surface area (Å²) in [4.78, 5) is 2.85. The molecule has 0 spiro atoms. The number of H-pyrrole nitrogens is 1. The monoisotopic (exact) mass is 269 g/mol. The van der Waals surface area contributed by atoms with Gasteiger partial charge in [0.1, 0.15) is 11.9 Å². The minimum absolute atomic E-state index is 0.359. The predicted molar refractivity (Wildman–Crippen MR) is 59.0 cm³/mol. The molecular weight excluding hydrogens is 261 g/mol. The minimum atomic E-state index is -0.818. The molecule has 0 amide bonds. The second-order valence-corrected chi connectivity index (χ2v) is 4.07. The van der Waals surface area contributed by atoms with E-state index in [0.717, 1.165) is 0 Å². The molecule has 0 aliphatic heterocycles. The van der Waals surface area contributed by atoms with Crippen LogP contribution >= 0.6 is 15.9 Å². The number of nitrogens with one attached hydrogen (secondary N) is 1. The van der Waals surface area contributed by atoms with E-state index in [1.807, 2.05) is 0 Å². The SMILES string of the molecule is OC(c1cc[nH]c1)c1cc(F)ccc1Br. The van der Waals surface area contributed by atoms with Crippen LogP contribution in [0.2, 0.25) is 0 Å². The number of aromatic nitrogens is 1. The molecule has 0 saturated heterocycles. The Morgan fingerprint density at radius 1 is 1.33 bits per heavy atom. The second-order valence-electron chi connectivity index (χ2n) is 3.21. The Labute approximate surface area is 94.9 Å². The zero-order valence-electron chi connectivity index (χ0n) is 7.74. The van der Waals surface area contributed by atoms with Gasteiger partial charge in [-0.2, -0.15) is 0 Å². The van der Waals surface area contributed by atoms with Gasteiger partial charge >= 0.3 is 0 Å². The van der Waals surface area contributed by atoms with E-state index in [9.17, 15) is 9.50 Å². The van der Waals surface area contributed by atoms with Crippen LogP contribution in [0.3, 0.4) is 0 Å². The molecule has 1 unspecified atom stereocenters. The van der Waals surface area contributed by atoms with Crippen LogP contribution < -0.4 is 0 Å². The number of rotatable bonds is 2. The van der Waals surface area contributed by atoms with Gasteiger partial charge < -0.3 is 10.1 Å². The molecule has 15 heavy (non-hydrogen) atoms. The maximum absolute atomic E-state index is 13.0. The maximum atomic E-state index is 13.0. The van der Waals surface area contributed by atoms with Crippen LogP contribution in [-0.2, 0) is 0 Å². The van der Waals surface area contributed by atoms with Gasteiger partial charge in [-0.25, -0.2) is 4.39 Å². The van der Waals surface area contributed by atoms with Gasteiger partial charge in [-0.15, -0.1) is 0 Å². The van der Waals surface area contributed by atoms with Crippen LogP contribution in [0.5, 0.6) is 0 Å². The van der Waals surface area contributed by atoms with Gasteiger partial charge in [0.2, 0.25) is 0 Å². The van der Waals surface area contributed by atoms with Gasteiger partial charge in [-0.05, 0) is 24.3 Å². The van der Waals surface area contributed by atoms with Crippen molar-refractivity contribution in [3.05, 3.63) is 58.1 Å². The Hall–Kier alpha value is -1.13. The van der Waals surface area contributed by atoms with Crippen molar-refractivity contribution in [1.29, 1.82) is 0 Å². The van der Waals surface area contributed by atoms with Crippen molar-refractivity contribution in [2.45, 2.75) is 6.10 Å². The fraction of sp³-hybridized carbons (Fsp3) is 0.0909. The zero-order chi connectivity index (χ0) is 10.8. The molecule has 2 nitrogen and oxygen atoms in total. The fourth-order valence-corrected chi connectivity index (χ4v) is 1.87. The summed E-state index contributed by atoms with van der Waals surface area (Å²) in [6.45, 7) is 0. The number of benzene rings is 1. The Bertz CT molecular complexity index is 456. The highest BCUT2D eigenvalue weighted by atomic mass is 79.9. The van der Waals surface area contributed by atoms with E-state index in [2.05, 4.69) is 20.9 Å². The molecule has 1 aromatic carbocycles. The molecule has 1 atom stereocenters. The van der Waals surface area contributed by atoms with Crippen LogP contribution in [0, 0.1) is 5.82 Å². The second kappa shape index (κ2) is 4.16. The third-order valence-corrected chi connectivity index (χ3v) is 2.91. The summed E-state index contributed by atoms with van der Waals surface area (Å²) < 4.78 is 13.7. The summed E-state index contributed by atoms with van der Waals surface area (Å²) in [5.74, 6) is -0.359. The number of aromatic amines is 1. The van der Waals surface area contributed by atoms with Gasteiger partial charge in [0.05, 0.1) is 0 Å². The lowest BCUT2D eigenvalue weighted by Crippen LogP contribution is -1.99. The normalized spacial score (nSPS) is 12.7. The van der Waals surface area contributed by atoms with Crippen molar-refractivity contribution >= 4 is 15.9 Å². The van der Waals surface area contributed by atoms with Gasteiger partial charge in [0, 0.05) is 28.0 Å². The maximum Gasteiger partial charge on any atom is 0.123 e. The Morgan fingerprint density at radius 3 is 2.80 bits per heavy atom. The van der Waals surface area contributed by atoms with Crippen LogP contribution in [-0.4, -0.2) is 10.1 Å². The van der Waals surface area contributed by atoms with Crippen molar-refractivity contribution in [3.63, 3.8) is 0 Å². The van der Waals surface area contributed by atoms with E-state index in [1.54, 1.807) is 24.5 Å². The molecule has 1 aromatic heterocycles. The molecule has 2 rings (SSSR count).